The van der Waals surface area contributed by atoms with Gasteiger partial charge in [-0.2, -0.15) is 0 Å². The Morgan fingerprint density at radius 3 is 1.48 bits per heavy atom. The second-order valence-electron chi connectivity index (χ2n) is 21.1. The molecule has 2 heterocycles. The predicted molar refractivity (Wildman–Crippen MR) is 296 cm³/mol. The van der Waals surface area contributed by atoms with E-state index in [1.54, 1.807) is 0 Å². The lowest BCUT2D eigenvalue weighted by molar-refractivity contribution is 0.588. The van der Waals surface area contributed by atoms with Gasteiger partial charge < -0.3 is 9.80 Å². The molecule has 0 fully saturated rings. The van der Waals surface area contributed by atoms with Crippen LogP contribution in [0.25, 0.3) is 50.0 Å². The number of nitrogens with zero attached hydrogens (tertiary/aromatic N) is 2. The Labute approximate surface area is 407 Å². The molecule has 2 nitrogen and oxygen atoms in total. The first-order chi connectivity index (χ1) is 33.4. The molecule has 0 spiro atoms. The van der Waals surface area contributed by atoms with Crippen LogP contribution in [-0.4, -0.2) is 0 Å². The van der Waals surface area contributed by atoms with Crippen molar-refractivity contribution in [1.29, 1.82) is 0 Å². The highest BCUT2D eigenvalue weighted by molar-refractivity contribution is 6.23. The van der Waals surface area contributed by atoms with Crippen molar-refractivity contribution < 1.29 is 0 Å². The summed E-state index contributed by atoms with van der Waals surface area (Å²) in [6.07, 6.45) is 13.5. The average Bonchev–Trinajstić information content (AvgIpc) is 3.62. The Kier molecular flexibility index (Phi) is 9.75. The SMILES string of the molecule is CC(C)(C)c1cc(/C=C/c2cc3c4ccccc4c(N4c5ccccc5C(C)(C)c5ccccc54)cc3c3ccccc23)ccc1C1=CC=C=C(N2c3ccccc3C(C)(C)c3ccccc32)C=C1. The Morgan fingerprint density at radius 2 is 0.913 bits per heavy atom. The minimum Gasteiger partial charge on any atom is -0.309 e. The van der Waals surface area contributed by atoms with E-state index in [2.05, 4.69) is 276 Å². The maximum absolute atomic E-state index is 3.68. The molecule has 0 saturated heterocycles. The first-order valence-electron chi connectivity index (χ1n) is 24.4. The van der Waals surface area contributed by atoms with Crippen LogP contribution in [0, 0.1) is 0 Å². The second-order valence-corrected chi connectivity index (χ2v) is 21.1. The fourth-order valence-corrected chi connectivity index (χ4v) is 11.7. The third kappa shape index (κ3) is 6.77. The highest BCUT2D eigenvalue weighted by Gasteiger charge is 2.38. The van der Waals surface area contributed by atoms with Gasteiger partial charge in [0.1, 0.15) is 0 Å². The van der Waals surface area contributed by atoms with Crippen LogP contribution in [-0.2, 0) is 16.2 Å². The van der Waals surface area contributed by atoms with E-state index in [1.807, 2.05) is 0 Å². The summed E-state index contributed by atoms with van der Waals surface area (Å²) in [6.45, 7) is 16.3. The molecular weight excluding hydrogens is 833 g/mol. The molecule has 0 atom stereocenters. The van der Waals surface area contributed by atoms with Crippen LogP contribution in [0.5, 0.6) is 0 Å². The molecule has 0 N–H and O–H groups in total. The van der Waals surface area contributed by atoms with Gasteiger partial charge in [-0.1, -0.05) is 212 Å². The lowest BCUT2D eigenvalue weighted by Gasteiger charge is -2.42. The normalized spacial score (nSPS) is 15.7. The predicted octanol–water partition coefficient (Wildman–Crippen LogP) is 18.2. The van der Waals surface area contributed by atoms with Crippen LogP contribution in [0.1, 0.15) is 93.0 Å². The molecule has 334 valence electrons. The first kappa shape index (κ1) is 42.5. The van der Waals surface area contributed by atoms with Gasteiger partial charge in [0.05, 0.1) is 34.1 Å². The highest BCUT2D eigenvalue weighted by Crippen LogP contribution is 2.54. The molecule has 0 saturated carbocycles. The summed E-state index contributed by atoms with van der Waals surface area (Å²) >= 11 is 0. The molecule has 2 heteroatoms. The smallest absolute Gasteiger partial charge is 0.0890 e. The van der Waals surface area contributed by atoms with E-state index in [9.17, 15) is 0 Å². The van der Waals surface area contributed by atoms with Crippen molar-refractivity contribution in [2.75, 3.05) is 9.80 Å². The van der Waals surface area contributed by atoms with Crippen LogP contribution < -0.4 is 9.80 Å². The van der Waals surface area contributed by atoms with Crippen LogP contribution in [0.15, 0.2) is 212 Å². The Hall–Kier alpha value is -7.90. The summed E-state index contributed by atoms with van der Waals surface area (Å²) in [5.74, 6) is 0. The fourth-order valence-electron chi connectivity index (χ4n) is 11.7. The average molecular weight is 889 g/mol. The molecule has 1 aliphatic carbocycles. The van der Waals surface area contributed by atoms with E-state index in [0.717, 1.165) is 5.70 Å². The number of para-hydroxylation sites is 4. The number of fused-ring (bicyclic) bond motifs is 9. The molecule has 12 rings (SSSR count). The number of benzene rings is 9. The Morgan fingerprint density at radius 1 is 0.435 bits per heavy atom. The molecule has 0 unspecified atom stereocenters. The summed E-state index contributed by atoms with van der Waals surface area (Å²) in [5, 5.41) is 7.48. The van der Waals surface area contributed by atoms with Crippen molar-refractivity contribution in [3.63, 3.8) is 0 Å². The zero-order valence-electron chi connectivity index (χ0n) is 40.6. The van der Waals surface area contributed by atoms with Gasteiger partial charge in [-0.15, -0.1) is 0 Å². The molecule has 0 bridgehead atoms. The lowest BCUT2D eigenvalue weighted by Crippen LogP contribution is -2.32. The first-order valence-corrected chi connectivity index (χ1v) is 24.4. The maximum atomic E-state index is 3.68. The largest absolute Gasteiger partial charge is 0.309 e. The van der Waals surface area contributed by atoms with Gasteiger partial charge in [-0.05, 0) is 137 Å². The third-order valence-corrected chi connectivity index (χ3v) is 15.2. The second kappa shape index (κ2) is 15.8. The summed E-state index contributed by atoms with van der Waals surface area (Å²) in [4.78, 5) is 4.89. The van der Waals surface area contributed by atoms with E-state index >= 15 is 0 Å². The molecule has 0 amide bonds. The molecule has 3 aliphatic rings. The van der Waals surface area contributed by atoms with E-state index in [1.165, 1.54) is 111 Å². The van der Waals surface area contributed by atoms with Gasteiger partial charge >= 0.3 is 0 Å². The lowest BCUT2D eigenvalue weighted by atomic mass is 9.73. The Balaban J connectivity index is 0.927. The van der Waals surface area contributed by atoms with Crippen LogP contribution in [0.2, 0.25) is 0 Å². The standard InChI is InChI=1S/C67H56N2/c1-65(2,3)59-41-44(36-40-49(59)45-21-20-22-47(39-38-45)68-60-31-16-12-27-55(60)66(4,5)56-28-13-17-32-61(56)68)35-37-46-42-53-51-25-10-11-26-52(51)64(43-54(53)50-24-9-8-23-48(46)50)69-62-33-18-14-29-57(62)67(6,7)58-30-15-19-34-63(58)69/h8-21,23-43H,1-7H3/b37-35+. The van der Waals surface area contributed by atoms with Gasteiger partial charge in [0.15, 0.2) is 0 Å². The van der Waals surface area contributed by atoms with Crippen molar-refractivity contribution in [2.45, 2.75) is 64.7 Å². The van der Waals surface area contributed by atoms with Gasteiger partial charge in [0, 0.05) is 16.2 Å². The summed E-state index contributed by atoms with van der Waals surface area (Å²) in [7, 11) is 0. The third-order valence-electron chi connectivity index (χ3n) is 15.2. The topological polar surface area (TPSA) is 6.48 Å². The van der Waals surface area contributed by atoms with Gasteiger partial charge in [0.25, 0.3) is 0 Å². The molecule has 69 heavy (non-hydrogen) atoms. The quantitative estimate of drug-likeness (QED) is 0.0965. The van der Waals surface area contributed by atoms with E-state index < -0.39 is 0 Å². The molecule has 0 radical (unpaired) electrons. The fraction of sp³-hybridized carbons (Fsp3) is 0.149. The van der Waals surface area contributed by atoms with E-state index in [4.69, 9.17) is 0 Å². The van der Waals surface area contributed by atoms with Crippen LogP contribution in [0.3, 0.4) is 0 Å². The zero-order valence-corrected chi connectivity index (χ0v) is 40.6. The Bertz CT molecular complexity index is 3660. The molecule has 9 aromatic rings. The van der Waals surface area contributed by atoms with Gasteiger partial charge in [-0.3, -0.25) is 0 Å². The molecule has 2 aliphatic heterocycles. The molecule has 0 aromatic heterocycles. The molecule has 9 aromatic carbocycles. The van der Waals surface area contributed by atoms with E-state index in [0.29, 0.717) is 0 Å². The number of hydrogen-bond donors (Lipinski definition) is 0. The summed E-state index contributed by atoms with van der Waals surface area (Å²) in [6, 6.07) is 65.3. The van der Waals surface area contributed by atoms with Crippen molar-refractivity contribution in [1.82, 2.24) is 0 Å². The van der Waals surface area contributed by atoms with Crippen molar-refractivity contribution in [3.05, 3.63) is 256 Å². The minimum absolute atomic E-state index is 0.103. The van der Waals surface area contributed by atoms with E-state index in [-0.39, 0.29) is 16.2 Å². The number of anilines is 5. The van der Waals surface area contributed by atoms with Gasteiger partial charge in [-0.25, -0.2) is 0 Å². The van der Waals surface area contributed by atoms with Gasteiger partial charge in [0.2, 0.25) is 0 Å². The maximum Gasteiger partial charge on any atom is 0.0890 e. The number of allylic oxidation sites excluding steroid dienone is 4. The molecular formula is C67H56N2. The summed E-state index contributed by atoms with van der Waals surface area (Å²) < 4.78 is 0. The summed E-state index contributed by atoms with van der Waals surface area (Å²) in [5.41, 5.74) is 21.8. The van der Waals surface area contributed by atoms with Crippen molar-refractivity contribution >= 4 is 78.5 Å². The number of hydrogen-bond acceptors (Lipinski definition) is 2. The van der Waals surface area contributed by atoms with Crippen molar-refractivity contribution in [2.24, 2.45) is 0 Å². The number of rotatable bonds is 5. The highest BCUT2D eigenvalue weighted by atomic mass is 15.2. The van der Waals surface area contributed by atoms with Crippen molar-refractivity contribution in [3.8, 4) is 0 Å². The van der Waals surface area contributed by atoms with Crippen LogP contribution >= 0.6 is 0 Å². The zero-order chi connectivity index (χ0) is 47.2. The van der Waals surface area contributed by atoms with Crippen LogP contribution in [0.4, 0.5) is 28.4 Å². The monoisotopic (exact) mass is 888 g/mol. The minimum atomic E-state index is -0.131.